The van der Waals surface area contributed by atoms with E-state index in [9.17, 15) is 53.1 Å². The summed E-state index contributed by atoms with van der Waals surface area (Å²) < 4.78 is 0. The normalized spacial score (nSPS) is 13.8. The molecule has 0 aliphatic rings. The Bertz CT molecular complexity index is 1960. The van der Waals surface area contributed by atoms with E-state index in [1.165, 1.54) is 13.8 Å². The number of nitrogens with one attached hydrogen (secondary N) is 8. The first-order valence-electron chi connectivity index (χ1n) is 20.3. The van der Waals surface area contributed by atoms with E-state index >= 15 is 0 Å². The lowest BCUT2D eigenvalue weighted by atomic mass is 9.99. The summed E-state index contributed by atoms with van der Waals surface area (Å²) >= 11 is 0. The van der Waals surface area contributed by atoms with Gasteiger partial charge in [0.25, 0.3) is 0 Å². The summed E-state index contributed by atoms with van der Waals surface area (Å²) in [6.07, 6.45) is 1.65. The third-order valence-corrected chi connectivity index (χ3v) is 9.19. The van der Waals surface area contributed by atoms with Gasteiger partial charge >= 0.3 is 5.97 Å². The maximum absolute atomic E-state index is 13.9. The second-order valence-corrected chi connectivity index (χ2v) is 15.5. The molecule has 0 fully saturated rings. The SMILES string of the molecule is CC(=O)NC[C@H](NC(=O)/C=C/C(=O)N[C@@H](C)C(=O)NCC(=O)N[C@@H](Cc1ccccc1)C(=O)O)C(=O)N[C@@H](Cc1ccccc1)C(=O)N[C@@H](CC(C)C)C(=O)N[C@H](C(N)=O)C(C)C. The monoisotopic (exact) mass is 877 g/mol. The highest BCUT2D eigenvalue weighted by Gasteiger charge is 2.32. The van der Waals surface area contributed by atoms with Crippen molar-refractivity contribution < 1.29 is 53.1 Å². The Kier molecular flexibility index (Phi) is 21.7. The topological polar surface area (TPSA) is 313 Å². The Morgan fingerprint density at radius 2 is 1.08 bits per heavy atom. The molecular formula is C43H59N9O11. The molecule has 63 heavy (non-hydrogen) atoms. The van der Waals surface area contributed by atoms with Gasteiger partial charge in [-0.2, -0.15) is 0 Å². The highest BCUT2D eigenvalue weighted by molar-refractivity contribution is 6.01. The van der Waals surface area contributed by atoms with Crippen molar-refractivity contribution in [3.05, 3.63) is 83.9 Å². The highest BCUT2D eigenvalue weighted by Crippen LogP contribution is 2.10. The first-order valence-corrected chi connectivity index (χ1v) is 20.3. The van der Waals surface area contributed by atoms with Gasteiger partial charge in [-0.1, -0.05) is 88.4 Å². The molecule has 0 bridgehead atoms. The van der Waals surface area contributed by atoms with Gasteiger partial charge in [-0.05, 0) is 36.3 Å². The third kappa shape index (κ3) is 19.9. The van der Waals surface area contributed by atoms with E-state index in [0.29, 0.717) is 11.1 Å². The molecule has 2 aromatic rings. The molecule has 6 atom stereocenters. The molecular weight excluding hydrogens is 819 g/mol. The number of amides is 9. The lowest BCUT2D eigenvalue weighted by Gasteiger charge is -2.27. The number of hydrogen-bond donors (Lipinski definition) is 10. The number of rotatable bonds is 25. The molecule has 0 radical (unpaired) electrons. The molecule has 0 unspecified atom stereocenters. The maximum Gasteiger partial charge on any atom is 0.326 e. The van der Waals surface area contributed by atoms with Crippen molar-refractivity contribution in [2.75, 3.05) is 13.1 Å². The molecule has 0 aliphatic heterocycles. The van der Waals surface area contributed by atoms with E-state index in [2.05, 4.69) is 42.5 Å². The number of carboxylic acids is 1. The number of carbonyl (C=O) groups is 10. The molecule has 2 rings (SSSR count). The van der Waals surface area contributed by atoms with Crippen LogP contribution in [0, 0.1) is 11.8 Å². The molecule has 0 spiro atoms. The van der Waals surface area contributed by atoms with Crippen LogP contribution >= 0.6 is 0 Å². The molecule has 11 N–H and O–H groups in total. The zero-order valence-electron chi connectivity index (χ0n) is 36.2. The Morgan fingerprint density at radius 3 is 1.57 bits per heavy atom. The summed E-state index contributed by atoms with van der Waals surface area (Å²) in [6.45, 7) is 8.50. The van der Waals surface area contributed by atoms with E-state index < -0.39 is 108 Å². The van der Waals surface area contributed by atoms with Crippen LogP contribution in [0.5, 0.6) is 0 Å². The molecule has 0 heterocycles. The van der Waals surface area contributed by atoms with Gasteiger partial charge in [0.2, 0.25) is 53.2 Å². The summed E-state index contributed by atoms with van der Waals surface area (Å²) in [5, 5.41) is 29.1. The Balaban J connectivity index is 2.13. The van der Waals surface area contributed by atoms with Crippen LogP contribution in [0.15, 0.2) is 72.8 Å². The van der Waals surface area contributed by atoms with Crippen LogP contribution in [0.3, 0.4) is 0 Å². The number of benzene rings is 2. The van der Waals surface area contributed by atoms with Crippen molar-refractivity contribution in [3.8, 4) is 0 Å². The molecule has 0 aliphatic carbocycles. The van der Waals surface area contributed by atoms with Gasteiger partial charge in [0, 0.05) is 38.5 Å². The van der Waals surface area contributed by atoms with E-state index in [0.717, 1.165) is 12.2 Å². The summed E-state index contributed by atoms with van der Waals surface area (Å²) in [7, 11) is 0. The minimum absolute atomic E-state index is 0.00785. The lowest BCUT2D eigenvalue weighted by Crippen LogP contribution is -2.60. The summed E-state index contributed by atoms with van der Waals surface area (Å²) in [4.78, 5) is 127. The van der Waals surface area contributed by atoms with Crippen LogP contribution in [0.25, 0.3) is 0 Å². The van der Waals surface area contributed by atoms with Crippen LogP contribution in [-0.2, 0) is 60.8 Å². The summed E-state index contributed by atoms with van der Waals surface area (Å²) in [5.41, 5.74) is 6.79. The third-order valence-electron chi connectivity index (χ3n) is 9.19. The quantitative estimate of drug-likeness (QED) is 0.0511. The molecule has 2 aromatic carbocycles. The average molecular weight is 878 g/mol. The van der Waals surface area contributed by atoms with E-state index in [4.69, 9.17) is 5.73 Å². The van der Waals surface area contributed by atoms with Crippen molar-refractivity contribution in [3.63, 3.8) is 0 Å². The minimum atomic E-state index is -1.48. The summed E-state index contributed by atoms with van der Waals surface area (Å²) in [6, 6.07) is 9.81. The van der Waals surface area contributed by atoms with Crippen molar-refractivity contribution >= 4 is 59.1 Å². The first-order chi connectivity index (χ1) is 29.7. The van der Waals surface area contributed by atoms with Crippen molar-refractivity contribution in [1.82, 2.24) is 42.5 Å². The fraction of sp³-hybridized carbons (Fsp3) is 0.442. The van der Waals surface area contributed by atoms with Gasteiger partial charge in [-0.3, -0.25) is 43.2 Å². The predicted octanol–water partition coefficient (Wildman–Crippen LogP) is -1.52. The minimum Gasteiger partial charge on any atom is -0.480 e. The molecule has 0 aromatic heterocycles. The van der Waals surface area contributed by atoms with Crippen molar-refractivity contribution in [2.24, 2.45) is 17.6 Å². The van der Waals surface area contributed by atoms with E-state index in [1.807, 2.05) is 13.8 Å². The zero-order chi connectivity index (χ0) is 47.2. The smallest absolute Gasteiger partial charge is 0.326 e. The number of primary amides is 1. The zero-order valence-corrected chi connectivity index (χ0v) is 36.2. The van der Waals surface area contributed by atoms with Crippen molar-refractivity contribution in [2.45, 2.75) is 97.1 Å². The Morgan fingerprint density at radius 1 is 0.587 bits per heavy atom. The fourth-order valence-corrected chi connectivity index (χ4v) is 5.90. The predicted molar refractivity (Wildman–Crippen MR) is 230 cm³/mol. The van der Waals surface area contributed by atoms with E-state index in [-0.39, 0.29) is 31.1 Å². The maximum atomic E-state index is 13.9. The molecule has 20 heteroatoms. The van der Waals surface area contributed by atoms with Crippen LogP contribution in [0.2, 0.25) is 0 Å². The number of carboxylic acid groups (broad SMARTS) is 1. The molecule has 0 saturated carbocycles. The van der Waals surface area contributed by atoms with Crippen LogP contribution in [-0.4, -0.2) is 114 Å². The number of aliphatic carboxylic acids is 1. The van der Waals surface area contributed by atoms with Gasteiger partial charge < -0.3 is 53.4 Å². The van der Waals surface area contributed by atoms with Gasteiger partial charge in [0.05, 0.1) is 6.54 Å². The van der Waals surface area contributed by atoms with Gasteiger partial charge in [0.15, 0.2) is 0 Å². The Labute approximate surface area is 365 Å². The molecule has 9 amide bonds. The largest absolute Gasteiger partial charge is 0.480 e. The van der Waals surface area contributed by atoms with Crippen LogP contribution in [0.1, 0.15) is 59.1 Å². The van der Waals surface area contributed by atoms with Gasteiger partial charge in [-0.25, -0.2) is 4.79 Å². The van der Waals surface area contributed by atoms with Crippen LogP contribution in [0.4, 0.5) is 0 Å². The molecule has 0 saturated heterocycles. The lowest BCUT2D eigenvalue weighted by molar-refractivity contribution is -0.141. The van der Waals surface area contributed by atoms with Crippen molar-refractivity contribution in [1.29, 1.82) is 0 Å². The number of hydrogen-bond acceptors (Lipinski definition) is 10. The second-order valence-electron chi connectivity index (χ2n) is 15.5. The fourth-order valence-electron chi connectivity index (χ4n) is 5.90. The molecule has 20 nitrogen and oxygen atoms in total. The number of nitrogens with two attached hydrogens (primary N) is 1. The summed E-state index contributed by atoms with van der Waals surface area (Å²) in [5.74, 6) is -8.81. The standard InChI is InChI=1S/C43H59N9O11/c1-24(2)19-30(41(60)52-37(25(3)4)38(44)57)50-40(59)31(20-28-13-9-7-10-14-28)51-42(61)33(22-45-27(6)53)49-35(55)18-17-34(54)47-26(5)39(58)46-23-36(56)48-32(43(62)63)21-29-15-11-8-12-16-29/h7-18,24-26,30-33,37H,19-23H2,1-6H3,(H2,44,57)(H,45,53)(H,46,58)(H,47,54)(H,48,56)(H,49,55)(H,50,59)(H,51,61)(H,52,60)(H,62,63)/b18-17+/t26-,30-,31-,32-,33-,37-/m0/s1. The average Bonchev–Trinajstić information content (AvgIpc) is 3.21. The Hall–Kier alpha value is -7.12. The highest BCUT2D eigenvalue weighted by atomic mass is 16.4. The van der Waals surface area contributed by atoms with Gasteiger partial charge in [0.1, 0.15) is 36.3 Å². The van der Waals surface area contributed by atoms with Crippen LogP contribution < -0.4 is 48.3 Å². The second kappa shape index (κ2) is 26.3. The number of carbonyl (C=O) groups excluding carboxylic acids is 9. The van der Waals surface area contributed by atoms with Gasteiger partial charge in [-0.15, -0.1) is 0 Å². The van der Waals surface area contributed by atoms with E-state index in [1.54, 1.807) is 74.5 Å². The molecule has 342 valence electrons. The first kappa shape index (κ1) is 52.0.